The number of aromatic nitrogens is 1. The van der Waals surface area contributed by atoms with Gasteiger partial charge < -0.3 is 9.52 Å². The molecule has 0 spiro atoms. The Morgan fingerprint density at radius 3 is 2.60 bits per heavy atom. The van der Waals surface area contributed by atoms with Crippen LogP contribution in [0.5, 0.6) is 0 Å². The van der Waals surface area contributed by atoms with Crippen molar-refractivity contribution in [2.45, 2.75) is 31.3 Å². The van der Waals surface area contributed by atoms with Gasteiger partial charge in [-0.05, 0) is 32.9 Å². The van der Waals surface area contributed by atoms with Crippen LogP contribution in [0.4, 0.5) is 0 Å². The quantitative estimate of drug-likeness (QED) is 0.909. The van der Waals surface area contributed by atoms with Gasteiger partial charge in [-0.15, -0.1) is 11.8 Å². The van der Waals surface area contributed by atoms with Crippen LogP contribution < -0.4 is 0 Å². The van der Waals surface area contributed by atoms with Crippen molar-refractivity contribution in [3.05, 3.63) is 41.8 Å². The second kappa shape index (κ2) is 5.71. The molecular weight excluding hydrogens is 274 g/mol. The highest BCUT2D eigenvalue weighted by Gasteiger charge is 2.27. The van der Waals surface area contributed by atoms with E-state index in [1.807, 2.05) is 31.2 Å². The van der Waals surface area contributed by atoms with Gasteiger partial charge in [0.1, 0.15) is 11.0 Å². The highest BCUT2D eigenvalue weighted by molar-refractivity contribution is 8.00. The van der Waals surface area contributed by atoms with E-state index in [2.05, 4.69) is 4.98 Å². The van der Waals surface area contributed by atoms with Gasteiger partial charge in [-0.25, -0.2) is 4.98 Å². The van der Waals surface area contributed by atoms with E-state index in [1.54, 1.807) is 20.1 Å². The van der Waals surface area contributed by atoms with E-state index in [4.69, 9.17) is 9.52 Å². The van der Waals surface area contributed by atoms with Gasteiger partial charge in [-0.3, -0.25) is 4.79 Å². The zero-order valence-corrected chi connectivity index (χ0v) is 12.5. The van der Waals surface area contributed by atoms with Crippen LogP contribution in [0.25, 0.3) is 11.5 Å². The lowest BCUT2D eigenvalue weighted by Crippen LogP contribution is -2.27. The fourth-order valence-corrected chi connectivity index (χ4v) is 2.28. The molecule has 0 saturated heterocycles. The van der Waals surface area contributed by atoms with Gasteiger partial charge in [0.25, 0.3) is 0 Å². The summed E-state index contributed by atoms with van der Waals surface area (Å²) in [5.41, 5.74) is 2.85. The summed E-state index contributed by atoms with van der Waals surface area (Å²) in [7, 11) is 0. The van der Waals surface area contributed by atoms with Crippen LogP contribution in [-0.2, 0) is 10.5 Å². The Morgan fingerprint density at radius 2 is 2.00 bits per heavy atom. The Balaban J connectivity index is 2.06. The second-order valence-corrected chi connectivity index (χ2v) is 6.71. The van der Waals surface area contributed by atoms with Crippen molar-refractivity contribution in [2.75, 3.05) is 0 Å². The van der Waals surface area contributed by atoms with E-state index in [0.29, 0.717) is 11.6 Å². The second-order valence-electron chi connectivity index (χ2n) is 5.11. The van der Waals surface area contributed by atoms with E-state index in [0.717, 1.165) is 11.3 Å². The average Bonchev–Trinajstić information content (AvgIpc) is 2.86. The van der Waals surface area contributed by atoms with Crippen LogP contribution in [-0.4, -0.2) is 20.8 Å². The van der Waals surface area contributed by atoms with Crippen LogP contribution in [0.1, 0.15) is 25.1 Å². The Labute approximate surface area is 122 Å². The zero-order valence-electron chi connectivity index (χ0n) is 11.7. The minimum Gasteiger partial charge on any atom is -0.480 e. The molecule has 1 heterocycles. The average molecular weight is 291 g/mol. The van der Waals surface area contributed by atoms with Gasteiger partial charge in [0.2, 0.25) is 5.89 Å². The van der Waals surface area contributed by atoms with Crippen LogP contribution in [0.2, 0.25) is 0 Å². The molecule has 0 fully saturated rings. The number of nitrogens with zero attached hydrogens (tertiary/aromatic N) is 1. The molecule has 0 aliphatic carbocycles. The summed E-state index contributed by atoms with van der Waals surface area (Å²) in [5, 5.41) is 9.06. The molecule has 20 heavy (non-hydrogen) atoms. The zero-order chi connectivity index (χ0) is 14.8. The summed E-state index contributed by atoms with van der Waals surface area (Å²) >= 11 is 1.33. The monoisotopic (exact) mass is 291 g/mol. The third-order valence-electron chi connectivity index (χ3n) is 2.95. The van der Waals surface area contributed by atoms with Crippen molar-refractivity contribution in [3.8, 4) is 11.5 Å². The lowest BCUT2D eigenvalue weighted by Gasteiger charge is -2.17. The number of carboxylic acid groups (broad SMARTS) is 1. The molecule has 0 radical (unpaired) electrons. The minimum atomic E-state index is -0.830. The van der Waals surface area contributed by atoms with Crippen molar-refractivity contribution in [2.24, 2.45) is 0 Å². The third kappa shape index (κ3) is 3.42. The summed E-state index contributed by atoms with van der Waals surface area (Å²) in [4.78, 5) is 15.4. The summed E-state index contributed by atoms with van der Waals surface area (Å²) in [6.07, 6.45) is 1.58. The predicted molar refractivity (Wildman–Crippen MR) is 79.7 cm³/mol. The lowest BCUT2D eigenvalue weighted by molar-refractivity contribution is -0.138. The molecule has 0 bridgehead atoms. The molecule has 0 amide bonds. The van der Waals surface area contributed by atoms with Crippen molar-refractivity contribution in [1.82, 2.24) is 4.98 Å². The van der Waals surface area contributed by atoms with Gasteiger partial charge in [-0.2, -0.15) is 0 Å². The Kier molecular flexibility index (Phi) is 4.18. The van der Waals surface area contributed by atoms with Crippen molar-refractivity contribution in [3.63, 3.8) is 0 Å². The number of hydrogen-bond donors (Lipinski definition) is 1. The number of carboxylic acids is 1. The first-order chi connectivity index (χ1) is 9.38. The SMILES string of the molecule is Cc1ccc(-c2nc(CSC(C)(C)C(=O)O)co2)cc1. The van der Waals surface area contributed by atoms with E-state index in [-0.39, 0.29) is 0 Å². The highest BCUT2D eigenvalue weighted by atomic mass is 32.2. The van der Waals surface area contributed by atoms with Crippen LogP contribution in [0.3, 0.4) is 0 Å². The molecule has 0 unspecified atom stereocenters. The topological polar surface area (TPSA) is 63.3 Å². The molecule has 0 atom stereocenters. The number of oxazole rings is 1. The number of aryl methyl sites for hydroxylation is 1. The maximum atomic E-state index is 11.0. The van der Waals surface area contributed by atoms with Gasteiger partial charge in [0.05, 0.1) is 5.69 Å². The minimum absolute atomic E-state index is 0.509. The Bertz CT molecular complexity index is 602. The van der Waals surface area contributed by atoms with Crippen molar-refractivity contribution in [1.29, 1.82) is 0 Å². The maximum absolute atomic E-state index is 11.0. The molecule has 1 N–H and O–H groups in total. The largest absolute Gasteiger partial charge is 0.480 e. The molecule has 4 nitrogen and oxygen atoms in total. The number of rotatable bonds is 5. The fraction of sp³-hybridized carbons (Fsp3) is 0.333. The molecule has 1 aromatic carbocycles. The van der Waals surface area contributed by atoms with Crippen LogP contribution in [0, 0.1) is 6.92 Å². The normalized spacial score (nSPS) is 11.6. The Morgan fingerprint density at radius 1 is 1.35 bits per heavy atom. The van der Waals surface area contributed by atoms with Gasteiger partial charge >= 0.3 is 5.97 Å². The highest BCUT2D eigenvalue weighted by Crippen LogP contribution is 2.29. The van der Waals surface area contributed by atoms with Crippen LogP contribution in [0.15, 0.2) is 34.9 Å². The fourth-order valence-electron chi connectivity index (χ4n) is 1.52. The van der Waals surface area contributed by atoms with E-state index in [9.17, 15) is 4.79 Å². The van der Waals surface area contributed by atoms with Gasteiger partial charge in [0.15, 0.2) is 0 Å². The molecule has 0 aliphatic rings. The number of carbonyl (C=O) groups is 1. The summed E-state index contributed by atoms with van der Waals surface area (Å²) < 4.78 is 4.61. The first kappa shape index (κ1) is 14.7. The lowest BCUT2D eigenvalue weighted by atomic mass is 10.1. The first-order valence-electron chi connectivity index (χ1n) is 6.27. The molecular formula is C15H17NO3S. The maximum Gasteiger partial charge on any atom is 0.319 e. The number of benzene rings is 1. The summed E-state index contributed by atoms with van der Waals surface area (Å²) in [6, 6.07) is 7.92. The van der Waals surface area contributed by atoms with Crippen LogP contribution >= 0.6 is 11.8 Å². The Hall–Kier alpha value is -1.75. The first-order valence-corrected chi connectivity index (χ1v) is 7.26. The summed E-state index contributed by atoms with van der Waals surface area (Å²) in [6.45, 7) is 5.39. The molecule has 2 rings (SSSR count). The van der Waals surface area contributed by atoms with Crippen molar-refractivity contribution >= 4 is 17.7 Å². The van der Waals surface area contributed by atoms with Crippen molar-refractivity contribution < 1.29 is 14.3 Å². The van der Waals surface area contributed by atoms with Gasteiger partial charge in [0, 0.05) is 11.3 Å². The van der Waals surface area contributed by atoms with E-state index >= 15 is 0 Å². The molecule has 0 aliphatic heterocycles. The standard InChI is InChI=1S/C15H17NO3S/c1-10-4-6-11(7-5-10)13-16-12(8-19-13)9-20-15(2,3)14(17)18/h4-8H,9H2,1-3H3,(H,17,18). The summed E-state index contributed by atoms with van der Waals surface area (Å²) in [5.74, 6) is 0.243. The molecule has 5 heteroatoms. The molecule has 2 aromatic rings. The van der Waals surface area contributed by atoms with E-state index in [1.165, 1.54) is 17.3 Å². The molecule has 0 saturated carbocycles. The molecule has 106 valence electrons. The third-order valence-corrected chi connectivity index (χ3v) is 4.28. The number of hydrogen-bond acceptors (Lipinski definition) is 4. The van der Waals surface area contributed by atoms with E-state index < -0.39 is 10.7 Å². The predicted octanol–water partition coefficient (Wildman–Crippen LogP) is 3.75. The number of aliphatic carboxylic acids is 1. The number of thioether (sulfide) groups is 1. The molecule has 1 aromatic heterocycles. The van der Waals surface area contributed by atoms with Gasteiger partial charge in [-0.1, -0.05) is 17.7 Å². The smallest absolute Gasteiger partial charge is 0.319 e.